The van der Waals surface area contributed by atoms with Gasteiger partial charge in [-0.25, -0.2) is 0 Å². The van der Waals surface area contributed by atoms with E-state index >= 15 is 0 Å². The van der Waals surface area contributed by atoms with Gasteiger partial charge in [0.05, 0.1) is 18.6 Å². The fraction of sp³-hybridized carbons (Fsp3) is 0.160. The molecule has 174 valence electrons. The van der Waals surface area contributed by atoms with E-state index in [1.165, 1.54) is 11.8 Å². The molecule has 0 aliphatic rings. The number of carbonyl (C=O) groups excluding carboxylic acids is 1. The summed E-state index contributed by atoms with van der Waals surface area (Å²) in [6.07, 6.45) is 0. The SMILES string of the molecule is COc1c(NC(=O)CSc2nnc(-c3cccc(C)c3)n2-c2ccc(Cl)cc2)ccc(Cl)c1C. The van der Waals surface area contributed by atoms with Crippen molar-refractivity contribution >= 4 is 46.6 Å². The van der Waals surface area contributed by atoms with Crippen LogP contribution in [0.15, 0.2) is 65.8 Å². The van der Waals surface area contributed by atoms with E-state index in [2.05, 4.69) is 15.5 Å². The molecule has 34 heavy (non-hydrogen) atoms. The molecule has 0 aliphatic carbocycles. The van der Waals surface area contributed by atoms with Gasteiger partial charge in [0, 0.05) is 26.9 Å². The summed E-state index contributed by atoms with van der Waals surface area (Å²) in [5.74, 6) is 1.15. The van der Waals surface area contributed by atoms with E-state index < -0.39 is 0 Å². The highest BCUT2D eigenvalue weighted by atomic mass is 35.5. The number of rotatable bonds is 7. The Hall–Kier alpha value is -3.00. The highest BCUT2D eigenvalue weighted by Crippen LogP contribution is 2.34. The predicted molar refractivity (Wildman–Crippen MR) is 139 cm³/mol. The standard InChI is InChI=1S/C25H22Cl2N4O2S/c1-15-5-4-6-17(13-15)24-29-30-25(31(24)19-9-7-18(26)8-10-19)34-14-22(32)28-21-12-11-20(27)16(2)23(21)33-3/h4-13H,14H2,1-3H3,(H,28,32). The number of methoxy groups -OCH3 is 1. The number of nitrogens with one attached hydrogen (secondary N) is 1. The molecule has 0 radical (unpaired) electrons. The molecule has 4 rings (SSSR count). The van der Waals surface area contributed by atoms with Crippen LogP contribution in [0.2, 0.25) is 10.0 Å². The number of amides is 1. The summed E-state index contributed by atoms with van der Waals surface area (Å²) in [6.45, 7) is 3.87. The highest BCUT2D eigenvalue weighted by Gasteiger charge is 2.18. The summed E-state index contributed by atoms with van der Waals surface area (Å²) in [7, 11) is 1.55. The van der Waals surface area contributed by atoms with Gasteiger partial charge >= 0.3 is 0 Å². The van der Waals surface area contributed by atoms with Gasteiger partial charge in [0.2, 0.25) is 5.91 Å². The Kier molecular flexibility index (Phi) is 7.46. The van der Waals surface area contributed by atoms with E-state index in [1.807, 2.05) is 66.9 Å². The van der Waals surface area contributed by atoms with Crippen molar-refractivity contribution < 1.29 is 9.53 Å². The van der Waals surface area contributed by atoms with Gasteiger partial charge in [-0.15, -0.1) is 10.2 Å². The third-order valence-corrected chi connectivity index (χ3v) is 6.74. The van der Waals surface area contributed by atoms with Crippen molar-refractivity contribution in [1.29, 1.82) is 0 Å². The molecule has 3 aromatic carbocycles. The lowest BCUT2D eigenvalue weighted by atomic mass is 10.1. The summed E-state index contributed by atoms with van der Waals surface area (Å²) in [5.41, 5.74) is 4.22. The molecule has 0 unspecified atom stereocenters. The quantitative estimate of drug-likeness (QED) is 0.282. The average Bonchev–Trinajstić information content (AvgIpc) is 3.25. The van der Waals surface area contributed by atoms with Crippen LogP contribution in [0, 0.1) is 13.8 Å². The van der Waals surface area contributed by atoms with Gasteiger partial charge < -0.3 is 10.1 Å². The first kappa shape index (κ1) is 24.1. The zero-order valence-corrected chi connectivity index (χ0v) is 21.1. The molecule has 0 spiro atoms. The van der Waals surface area contributed by atoms with Gasteiger partial charge in [-0.1, -0.05) is 58.7 Å². The first-order chi connectivity index (χ1) is 16.4. The maximum Gasteiger partial charge on any atom is 0.234 e. The minimum Gasteiger partial charge on any atom is -0.494 e. The summed E-state index contributed by atoms with van der Waals surface area (Å²) in [4.78, 5) is 12.8. The van der Waals surface area contributed by atoms with E-state index in [1.54, 1.807) is 19.2 Å². The van der Waals surface area contributed by atoms with Crippen molar-refractivity contribution in [3.8, 4) is 22.8 Å². The molecule has 0 saturated carbocycles. The lowest BCUT2D eigenvalue weighted by Crippen LogP contribution is -2.15. The number of hydrogen-bond acceptors (Lipinski definition) is 5. The Morgan fingerprint density at radius 3 is 2.53 bits per heavy atom. The van der Waals surface area contributed by atoms with Crippen LogP contribution in [0.3, 0.4) is 0 Å². The Morgan fingerprint density at radius 2 is 1.82 bits per heavy atom. The molecular formula is C25H22Cl2N4O2S. The van der Waals surface area contributed by atoms with E-state index in [0.717, 1.165) is 22.4 Å². The Labute approximate surface area is 212 Å². The fourth-order valence-electron chi connectivity index (χ4n) is 3.50. The number of carbonyl (C=O) groups is 1. The molecule has 1 N–H and O–H groups in total. The maximum absolute atomic E-state index is 12.8. The first-order valence-electron chi connectivity index (χ1n) is 10.4. The molecule has 1 heterocycles. The van der Waals surface area contributed by atoms with Crippen LogP contribution in [0.25, 0.3) is 17.1 Å². The average molecular weight is 513 g/mol. The zero-order valence-electron chi connectivity index (χ0n) is 18.8. The Morgan fingerprint density at radius 1 is 1.06 bits per heavy atom. The van der Waals surface area contributed by atoms with Crippen molar-refractivity contribution in [3.05, 3.63) is 81.8 Å². The summed E-state index contributed by atoms with van der Waals surface area (Å²) in [5, 5.41) is 13.5. The van der Waals surface area contributed by atoms with Gasteiger partial charge in [-0.2, -0.15) is 0 Å². The number of nitrogens with zero attached hydrogens (tertiary/aromatic N) is 3. The topological polar surface area (TPSA) is 69.0 Å². The normalized spacial score (nSPS) is 10.9. The van der Waals surface area contributed by atoms with Crippen molar-refractivity contribution in [2.24, 2.45) is 0 Å². The predicted octanol–water partition coefficient (Wildman–Crippen LogP) is 6.60. The highest BCUT2D eigenvalue weighted by molar-refractivity contribution is 7.99. The van der Waals surface area contributed by atoms with Gasteiger partial charge in [0.15, 0.2) is 11.0 Å². The third kappa shape index (κ3) is 5.22. The summed E-state index contributed by atoms with van der Waals surface area (Å²) >= 11 is 13.6. The number of ether oxygens (including phenoxy) is 1. The molecule has 0 saturated heterocycles. The van der Waals surface area contributed by atoms with Crippen LogP contribution < -0.4 is 10.1 Å². The van der Waals surface area contributed by atoms with Crippen molar-refractivity contribution in [2.75, 3.05) is 18.2 Å². The number of halogens is 2. The first-order valence-corrected chi connectivity index (χ1v) is 12.2. The smallest absolute Gasteiger partial charge is 0.234 e. The molecular weight excluding hydrogens is 491 g/mol. The Balaban J connectivity index is 1.61. The zero-order chi connectivity index (χ0) is 24.2. The van der Waals surface area contributed by atoms with E-state index in [9.17, 15) is 4.79 Å². The van der Waals surface area contributed by atoms with E-state index in [-0.39, 0.29) is 11.7 Å². The second-order valence-electron chi connectivity index (χ2n) is 7.58. The molecule has 4 aromatic rings. The van der Waals surface area contributed by atoms with Gasteiger partial charge in [-0.3, -0.25) is 9.36 Å². The van der Waals surface area contributed by atoms with Crippen LogP contribution in [0.1, 0.15) is 11.1 Å². The third-order valence-electron chi connectivity index (χ3n) is 5.14. The van der Waals surface area contributed by atoms with E-state index in [0.29, 0.717) is 32.5 Å². The van der Waals surface area contributed by atoms with Crippen molar-refractivity contribution in [1.82, 2.24) is 14.8 Å². The molecule has 1 aromatic heterocycles. The Bertz CT molecular complexity index is 1340. The number of aromatic nitrogens is 3. The molecule has 0 fully saturated rings. The summed E-state index contributed by atoms with van der Waals surface area (Å²) in [6, 6.07) is 18.9. The number of anilines is 1. The second kappa shape index (κ2) is 10.5. The van der Waals surface area contributed by atoms with Crippen LogP contribution in [-0.2, 0) is 4.79 Å². The molecule has 9 heteroatoms. The van der Waals surface area contributed by atoms with E-state index in [4.69, 9.17) is 27.9 Å². The largest absolute Gasteiger partial charge is 0.494 e. The van der Waals surface area contributed by atoms with Crippen LogP contribution in [0.5, 0.6) is 5.75 Å². The second-order valence-corrected chi connectivity index (χ2v) is 9.36. The number of thioether (sulfide) groups is 1. The lowest BCUT2D eigenvalue weighted by Gasteiger charge is -2.14. The minimum absolute atomic E-state index is 0.129. The molecule has 0 bridgehead atoms. The molecule has 6 nitrogen and oxygen atoms in total. The van der Waals surface area contributed by atoms with Gasteiger partial charge in [0.25, 0.3) is 0 Å². The van der Waals surface area contributed by atoms with Gasteiger partial charge in [-0.05, 0) is 56.3 Å². The number of aryl methyl sites for hydroxylation is 1. The lowest BCUT2D eigenvalue weighted by molar-refractivity contribution is -0.113. The molecule has 0 aliphatic heterocycles. The fourth-order valence-corrected chi connectivity index (χ4v) is 4.53. The van der Waals surface area contributed by atoms with Gasteiger partial charge in [0.1, 0.15) is 5.75 Å². The van der Waals surface area contributed by atoms with Crippen LogP contribution in [-0.4, -0.2) is 33.5 Å². The van der Waals surface area contributed by atoms with Crippen molar-refractivity contribution in [3.63, 3.8) is 0 Å². The minimum atomic E-state index is -0.201. The molecule has 0 atom stereocenters. The maximum atomic E-state index is 12.8. The number of benzene rings is 3. The monoisotopic (exact) mass is 512 g/mol. The summed E-state index contributed by atoms with van der Waals surface area (Å²) < 4.78 is 7.35. The number of hydrogen-bond donors (Lipinski definition) is 1. The molecule has 1 amide bonds. The van der Waals surface area contributed by atoms with Crippen LogP contribution >= 0.6 is 35.0 Å². The van der Waals surface area contributed by atoms with Crippen molar-refractivity contribution in [2.45, 2.75) is 19.0 Å². The van der Waals surface area contributed by atoms with Crippen LogP contribution in [0.4, 0.5) is 5.69 Å².